The number of carbonyl (C=O) groups is 1. The summed E-state index contributed by atoms with van der Waals surface area (Å²) in [6, 6.07) is 14.1. The molecule has 0 radical (unpaired) electrons. The van der Waals surface area contributed by atoms with Crippen LogP contribution >= 0.6 is 35.7 Å². The highest BCUT2D eigenvalue weighted by Crippen LogP contribution is 2.25. The van der Waals surface area contributed by atoms with Crippen molar-refractivity contribution in [1.82, 2.24) is 15.5 Å². The van der Waals surface area contributed by atoms with Gasteiger partial charge in [0.15, 0.2) is 5.96 Å². The average molecular weight is 514 g/mol. The molecular formula is C20H27IN4O2S. The van der Waals surface area contributed by atoms with E-state index in [4.69, 9.17) is 4.42 Å². The van der Waals surface area contributed by atoms with Crippen molar-refractivity contribution in [2.45, 2.75) is 17.9 Å². The van der Waals surface area contributed by atoms with Crippen LogP contribution in [0.15, 0.2) is 63.0 Å². The Labute approximate surface area is 187 Å². The van der Waals surface area contributed by atoms with Gasteiger partial charge in [0.05, 0.1) is 19.4 Å². The molecular weight excluding hydrogens is 487 g/mol. The number of nitrogens with zero attached hydrogens (tertiary/aromatic N) is 2. The van der Waals surface area contributed by atoms with Gasteiger partial charge in [-0.15, -0.1) is 35.7 Å². The number of thioether (sulfide) groups is 1. The van der Waals surface area contributed by atoms with Crippen molar-refractivity contribution in [3.8, 4) is 0 Å². The Morgan fingerprint density at radius 1 is 1.25 bits per heavy atom. The molecule has 1 amide bonds. The third kappa shape index (κ3) is 7.05. The van der Waals surface area contributed by atoms with E-state index in [2.05, 4.69) is 44.8 Å². The van der Waals surface area contributed by atoms with Crippen molar-refractivity contribution in [2.75, 3.05) is 32.4 Å². The highest BCUT2D eigenvalue weighted by Gasteiger charge is 2.25. The number of aliphatic imine (C=N–C) groups is 1. The number of halogens is 1. The topological polar surface area (TPSA) is 69.9 Å². The smallest absolute Gasteiger partial charge is 0.239 e. The molecule has 28 heavy (non-hydrogen) atoms. The van der Waals surface area contributed by atoms with Gasteiger partial charge in [-0.05, 0) is 36.6 Å². The van der Waals surface area contributed by atoms with Crippen LogP contribution in [0.5, 0.6) is 0 Å². The van der Waals surface area contributed by atoms with Crippen LogP contribution in [0, 0.1) is 5.92 Å². The molecule has 0 aliphatic carbocycles. The molecule has 2 N–H and O–H groups in total. The molecule has 3 rings (SSSR count). The number of hydrogen-bond donors (Lipinski definition) is 2. The number of nitrogens with one attached hydrogen (secondary N) is 2. The lowest BCUT2D eigenvalue weighted by molar-refractivity contribution is -0.120. The molecule has 1 saturated heterocycles. The van der Waals surface area contributed by atoms with Crippen LogP contribution in [-0.2, 0) is 11.3 Å². The second-order valence-corrected chi connectivity index (χ2v) is 7.58. The van der Waals surface area contributed by atoms with Crippen LogP contribution in [0.1, 0.15) is 12.2 Å². The SMILES string of the molecule is CN=C(NCC(=O)NCc1ccco1)N1CCC(CSc2ccccc2)C1.I. The normalized spacial score (nSPS) is 16.5. The fourth-order valence-electron chi connectivity index (χ4n) is 3.04. The first kappa shape index (κ1) is 22.6. The predicted octanol–water partition coefficient (Wildman–Crippen LogP) is 3.20. The van der Waals surface area contributed by atoms with Crippen LogP contribution < -0.4 is 10.6 Å². The second kappa shape index (κ2) is 12.0. The fraction of sp³-hybridized carbons (Fsp3) is 0.400. The van der Waals surface area contributed by atoms with Crippen LogP contribution in [0.2, 0.25) is 0 Å². The van der Waals surface area contributed by atoms with Gasteiger partial charge in [0.1, 0.15) is 5.76 Å². The van der Waals surface area contributed by atoms with Gasteiger partial charge in [0.2, 0.25) is 5.91 Å². The largest absolute Gasteiger partial charge is 0.467 e. The lowest BCUT2D eigenvalue weighted by Crippen LogP contribution is -2.44. The molecule has 0 saturated carbocycles. The van der Waals surface area contributed by atoms with Crippen molar-refractivity contribution in [3.63, 3.8) is 0 Å². The number of carbonyl (C=O) groups excluding carboxylic acids is 1. The van der Waals surface area contributed by atoms with Crippen molar-refractivity contribution in [3.05, 3.63) is 54.5 Å². The van der Waals surface area contributed by atoms with E-state index in [9.17, 15) is 4.79 Å². The maximum Gasteiger partial charge on any atom is 0.239 e. The summed E-state index contributed by atoms with van der Waals surface area (Å²) < 4.78 is 5.21. The van der Waals surface area contributed by atoms with E-state index >= 15 is 0 Å². The van der Waals surface area contributed by atoms with Gasteiger partial charge in [0, 0.05) is 30.8 Å². The van der Waals surface area contributed by atoms with Crippen LogP contribution in [-0.4, -0.2) is 49.2 Å². The first-order valence-electron chi connectivity index (χ1n) is 9.17. The summed E-state index contributed by atoms with van der Waals surface area (Å²) in [4.78, 5) is 19.9. The summed E-state index contributed by atoms with van der Waals surface area (Å²) in [5, 5.41) is 5.99. The van der Waals surface area contributed by atoms with Gasteiger partial charge in [-0.1, -0.05) is 18.2 Å². The van der Waals surface area contributed by atoms with Crippen molar-refractivity contribution < 1.29 is 9.21 Å². The van der Waals surface area contributed by atoms with Gasteiger partial charge in [-0.25, -0.2) is 0 Å². The molecule has 0 spiro atoms. The van der Waals surface area contributed by atoms with Crippen LogP contribution in [0.3, 0.4) is 0 Å². The Hall–Kier alpha value is -1.68. The minimum absolute atomic E-state index is 0. The quantitative estimate of drug-likeness (QED) is 0.257. The van der Waals surface area contributed by atoms with E-state index in [0.29, 0.717) is 12.5 Å². The fourth-order valence-corrected chi connectivity index (χ4v) is 4.09. The summed E-state index contributed by atoms with van der Waals surface area (Å²) >= 11 is 1.90. The minimum Gasteiger partial charge on any atom is -0.467 e. The first-order valence-corrected chi connectivity index (χ1v) is 10.2. The molecule has 1 unspecified atom stereocenters. The molecule has 6 nitrogen and oxygen atoms in total. The number of guanidine groups is 1. The van der Waals surface area contributed by atoms with Gasteiger partial charge >= 0.3 is 0 Å². The average Bonchev–Trinajstić information content (AvgIpc) is 3.38. The Morgan fingerprint density at radius 3 is 2.79 bits per heavy atom. The van der Waals surface area contributed by atoms with Crippen molar-refractivity contribution in [1.29, 1.82) is 0 Å². The summed E-state index contributed by atoms with van der Waals surface area (Å²) in [5.74, 6) is 3.17. The van der Waals surface area contributed by atoms with Gasteiger partial charge in [-0.3, -0.25) is 9.79 Å². The first-order chi connectivity index (χ1) is 13.2. The second-order valence-electron chi connectivity index (χ2n) is 6.48. The number of likely N-dealkylation sites (tertiary alicyclic amines) is 1. The van der Waals surface area contributed by atoms with E-state index < -0.39 is 0 Å². The molecule has 1 aliphatic rings. The summed E-state index contributed by atoms with van der Waals surface area (Å²) in [6.45, 7) is 2.53. The standard InChI is InChI=1S/C20H26N4O2S.HI/c1-21-20(23-13-19(25)22-12-17-6-5-11-26-17)24-10-9-16(14-24)15-27-18-7-3-2-4-8-18;/h2-8,11,16H,9-10,12-15H2,1H3,(H,21,23)(H,22,25);1H. The number of hydrogen-bond acceptors (Lipinski definition) is 4. The molecule has 1 fully saturated rings. The van der Waals surface area contributed by atoms with E-state index in [1.165, 1.54) is 4.90 Å². The van der Waals surface area contributed by atoms with Gasteiger partial charge in [-0.2, -0.15) is 0 Å². The molecule has 2 aromatic rings. The highest BCUT2D eigenvalue weighted by molar-refractivity contribution is 14.0. The Balaban J connectivity index is 0.00000280. The summed E-state index contributed by atoms with van der Waals surface area (Å²) in [6.07, 6.45) is 2.74. The minimum atomic E-state index is -0.0806. The molecule has 8 heteroatoms. The number of benzene rings is 1. The maximum absolute atomic E-state index is 12.0. The van der Waals surface area contributed by atoms with Crippen molar-refractivity contribution >= 4 is 47.6 Å². The molecule has 152 valence electrons. The third-order valence-corrected chi connectivity index (χ3v) is 5.72. The van der Waals surface area contributed by atoms with Crippen LogP contribution in [0.4, 0.5) is 0 Å². The molecule has 2 heterocycles. The van der Waals surface area contributed by atoms with Crippen molar-refractivity contribution in [2.24, 2.45) is 10.9 Å². The molecule has 1 aromatic heterocycles. The Bertz CT molecular complexity index is 740. The molecule has 1 atom stereocenters. The Morgan fingerprint density at radius 2 is 2.07 bits per heavy atom. The zero-order chi connectivity index (χ0) is 18.9. The zero-order valence-corrected chi connectivity index (χ0v) is 19.1. The van der Waals surface area contributed by atoms with E-state index in [-0.39, 0.29) is 36.4 Å². The number of rotatable bonds is 7. The van der Waals surface area contributed by atoms with Gasteiger partial charge < -0.3 is 20.0 Å². The summed E-state index contributed by atoms with van der Waals surface area (Å²) in [5.41, 5.74) is 0. The maximum atomic E-state index is 12.0. The van der Waals surface area contributed by atoms with Crippen LogP contribution in [0.25, 0.3) is 0 Å². The van der Waals surface area contributed by atoms with E-state index in [1.807, 2.05) is 30.0 Å². The number of amides is 1. The Kier molecular flexibility index (Phi) is 9.69. The summed E-state index contributed by atoms with van der Waals surface area (Å²) in [7, 11) is 1.76. The lowest BCUT2D eigenvalue weighted by Gasteiger charge is -2.21. The highest BCUT2D eigenvalue weighted by atomic mass is 127. The zero-order valence-electron chi connectivity index (χ0n) is 16.0. The molecule has 0 bridgehead atoms. The van der Waals surface area contributed by atoms with E-state index in [0.717, 1.165) is 37.0 Å². The van der Waals surface area contributed by atoms with E-state index in [1.54, 1.807) is 13.3 Å². The monoisotopic (exact) mass is 514 g/mol. The lowest BCUT2D eigenvalue weighted by atomic mass is 10.2. The predicted molar refractivity (Wildman–Crippen MR) is 124 cm³/mol. The molecule has 1 aliphatic heterocycles. The van der Waals surface area contributed by atoms with Gasteiger partial charge in [0.25, 0.3) is 0 Å². The molecule has 1 aromatic carbocycles. The third-order valence-electron chi connectivity index (χ3n) is 4.47. The number of furan rings is 1.